The van der Waals surface area contributed by atoms with Crippen molar-refractivity contribution in [2.75, 3.05) is 19.8 Å². The maximum absolute atomic E-state index is 5.33. The Morgan fingerprint density at radius 1 is 1.26 bits per heavy atom. The van der Waals surface area contributed by atoms with Crippen LogP contribution in [0.15, 0.2) is 38.7 Å². The number of halogens is 1. The highest BCUT2D eigenvalue weighted by atomic mass is 127. The van der Waals surface area contributed by atoms with Crippen LogP contribution in [0, 0.1) is 0 Å². The highest BCUT2D eigenvalue weighted by Crippen LogP contribution is 2.20. The number of aromatic nitrogens is 2. The summed E-state index contributed by atoms with van der Waals surface area (Å²) in [6.07, 6.45) is 2.08. The average Bonchev–Trinajstić information content (AvgIpc) is 3.08. The van der Waals surface area contributed by atoms with Gasteiger partial charge in [-0.05, 0) is 30.9 Å². The van der Waals surface area contributed by atoms with Gasteiger partial charge >= 0.3 is 0 Å². The van der Waals surface area contributed by atoms with Crippen LogP contribution >= 0.6 is 35.7 Å². The number of thioether (sulfide) groups is 1. The zero-order valence-electron chi connectivity index (χ0n) is 16.9. The van der Waals surface area contributed by atoms with Crippen molar-refractivity contribution in [1.82, 2.24) is 20.4 Å². The lowest BCUT2D eigenvalue weighted by molar-refractivity contribution is 0.318. The number of rotatable bonds is 6. The van der Waals surface area contributed by atoms with Gasteiger partial charge in [-0.2, -0.15) is 4.98 Å². The fourth-order valence-corrected chi connectivity index (χ4v) is 2.73. The molecular formula is C19H30IN5OS. The monoisotopic (exact) mass is 503 g/mol. The van der Waals surface area contributed by atoms with Crippen LogP contribution in [0.1, 0.15) is 45.0 Å². The summed E-state index contributed by atoms with van der Waals surface area (Å²) in [4.78, 5) is 12.5. The number of hydrogen-bond donors (Lipinski definition) is 1. The molecule has 0 spiro atoms. The van der Waals surface area contributed by atoms with Gasteiger partial charge in [-0.1, -0.05) is 38.1 Å². The third-order valence-electron chi connectivity index (χ3n) is 3.76. The van der Waals surface area contributed by atoms with E-state index in [2.05, 4.69) is 62.8 Å². The molecule has 2 aromatic rings. The molecule has 8 heteroatoms. The molecule has 0 saturated heterocycles. The van der Waals surface area contributed by atoms with Gasteiger partial charge in [0, 0.05) is 30.4 Å². The number of hydrogen-bond acceptors (Lipinski definition) is 5. The van der Waals surface area contributed by atoms with E-state index in [0.29, 0.717) is 18.3 Å². The van der Waals surface area contributed by atoms with Crippen molar-refractivity contribution in [3.8, 4) is 0 Å². The third kappa shape index (κ3) is 7.33. The molecule has 1 heterocycles. The highest BCUT2D eigenvalue weighted by Gasteiger charge is 2.21. The summed E-state index contributed by atoms with van der Waals surface area (Å²) in [5.74, 6) is 2.06. The van der Waals surface area contributed by atoms with E-state index in [9.17, 15) is 0 Å². The molecule has 0 aliphatic carbocycles. The van der Waals surface area contributed by atoms with Crippen LogP contribution in [-0.2, 0) is 18.5 Å². The molecule has 1 N–H and O–H groups in total. The summed E-state index contributed by atoms with van der Waals surface area (Å²) in [5, 5.41) is 7.35. The van der Waals surface area contributed by atoms with E-state index < -0.39 is 0 Å². The van der Waals surface area contributed by atoms with Gasteiger partial charge < -0.3 is 14.7 Å². The second-order valence-electron chi connectivity index (χ2n) is 7.14. The summed E-state index contributed by atoms with van der Waals surface area (Å²) >= 11 is 1.75. The minimum Gasteiger partial charge on any atom is -0.357 e. The van der Waals surface area contributed by atoms with Crippen molar-refractivity contribution in [3.63, 3.8) is 0 Å². The first-order chi connectivity index (χ1) is 12.3. The van der Waals surface area contributed by atoms with Crippen molar-refractivity contribution >= 4 is 41.7 Å². The summed E-state index contributed by atoms with van der Waals surface area (Å²) in [6.45, 7) is 10.2. The second-order valence-corrected chi connectivity index (χ2v) is 8.02. The molecule has 0 radical (unpaired) electrons. The molecule has 0 aliphatic rings. The van der Waals surface area contributed by atoms with Gasteiger partial charge in [0.15, 0.2) is 11.8 Å². The summed E-state index contributed by atoms with van der Waals surface area (Å²) in [7, 11) is 2.03. The minimum absolute atomic E-state index is 0. The molecular weight excluding hydrogens is 473 g/mol. The van der Waals surface area contributed by atoms with Crippen molar-refractivity contribution in [3.05, 3.63) is 41.5 Å². The number of benzene rings is 1. The van der Waals surface area contributed by atoms with Crippen molar-refractivity contribution in [1.29, 1.82) is 0 Å². The molecule has 150 valence electrons. The molecule has 6 nitrogen and oxygen atoms in total. The van der Waals surface area contributed by atoms with Crippen LogP contribution in [0.3, 0.4) is 0 Å². The molecule has 0 aliphatic heterocycles. The van der Waals surface area contributed by atoms with Gasteiger partial charge in [0.25, 0.3) is 0 Å². The molecule has 0 saturated carbocycles. The quantitative estimate of drug-likeness (QED) is 0.275. The van der Waals surface area contributed by atoms with Gasteiger partial charge in [0.1, 0.15) is 6.54 Å². The average molecular weight is 503 g/mol. The Kier molecular flexibility index (Phi) is 9.58. The number of nitrogens with zero attached hydrogens (tertiary/aromatic N) is 4. The van der Waals surface area contributed by atoms with E-state index in [1.165, 1.54) is 10.5 Å². The number of aliphatic imine (C=N–C) groups is 1. The largest absolute Gasteiger partial charge is 0.357 e. The van der Waals surface area contributed by atoms with E-state index in [1.54, 1.807) is 11.8 Å². The molecule has 0 bridgehead atoms. The van der Waals surface area contributed by atoms with E-state index in [4.69, 9.17) is 4.52 Å². The van der Waals surface area contributed by atoms with Crippen LogP contribution in [0.5, 0.6) is 0 Å². The fraction of sp³-hybridized carbons (Fsp3) is 0.526. The molecule has 1 aromatic carbocycles. The molecule has 0 atom stereocenters. The van der Waals surface area contributed by atoms with E-state index in [-0.39, 0.29) is 29.4 Å². The number of guanidine groups is 1. The predicted molar refractivity (Wildman–Crippen MR) is 123 cm³/mol. The van der Waals surface area contributed by atoms with Crippen LogP contribution in [-0.4, -0.2) is 40.8 Å². The minimum atomic E-state index is -0.154. The lowest BCUT2D eigenvalue weighted by Gasteiger charge is -2.22. The zero-order chi connectivity index (χ0) is 19.2. The van der Waals surface area contributed by atoms with E-state index in [1.807, 2.05) is 27.8 Å². The predicted octanol–water partition coefficient (Wildman–Crippen LogP) is 4.30. The standard InChI is InChI=1S/C19H29N5OS.HI/c1-7-20-18(21-12-16-22-17(25-23-16)19(2,3)4)24(5)13-14-8-10-15(26-6)11-9-14;/h8-11H,7,12-13H2,1-6H3,(H,20,21);1H. The Morgan fingerprint density at radius 2 is 1.93 bits per heavy atom. The van der Waals surface area contributed by atoms with Crippen molar-refractivity contribution in [2.45, 2.75) is 51.1 Å². The Bertz CT molecular complexity index is 724. The van der Waals surface area contributed by atoms with Gasteiger partial charge in [0.2, 0.25) is 5.89 Å². The Balaban J connectivity index is 0.00000364. The van der Waals surface area contributed by atoms with Crippen molar-refractivity contribution in [2.24, 2.45) is 4.99 Å². The smallest absolute Gasteiger partial charge is 0.232 e. The van der Waals surface area contributed by atoms with Crippen LogP contribution in [0.2, 0.25) is 0 Å². The van der Waals surface area contributed by atoms with Crippen LogP contribution in [0.25, 0.3) is 0 Å². The second kappa shape index (κ2) is 10.9. The molecule has 0 unspecified atom stereocenters. The molecule has 1 aromatic heterocycles. The molecule has 0 fully saturated rings. The SMILES string of the molecule is CCNC(=NCc1noc(C(C)(C)C)n1)N(C)Cc1ccc(SC)cc1.I. The Morgan fingerprint density at radius 3 is 2.44 bits per heavy atom. The first-order valence-electron chi connectivity index (χ1n) is 8.79. The van der Waals surface area contributed by atoms with E-state index in [0.717, 1.165) is 19.0 Å². The fourth-order valence-electron chi connectivity index (χ4n) is 2.32. The molecule has 2 rings (SSSR count). The molecule has 27 heavy (non-hydrogen) atoms. The summed E-state index contributed by atoms with van der Waals surface area (Å²) in [6, 6.07) is 8.60. The lowest BCUT2D eigenvalue weighted by atomic mass is 9.97. The summed E-state index contributed by atoms with van der Waals surface area (Å²) < 4.78 is 5.33. The van der Waals surface area contributed by atoms with Gasteiger partial charge in [-0.15, -0.1) is 35.7 Å². The van der Waals surface area contributed by atoms with Gasteiger partial charge in [-0.3, -0.25) is 0 Å². The third-order valence-corrected chi connectivity index (χ3v) is 4.50. The topological polar surface area (TPSA) is 66.5 Å². The normalized spacial score (nSPS) is 11.9. The number of nitrogens with one attached hydrogen (secondary N) is 1. The highest BCUT2D eigenvalue weighted by molar-refractivity contribution is 14.0. The molecule has 0 amide bonds. The Hall–Kier alpha value is -1.29. The van der Waals surface area contributed by atoms with Crippen molar-refractivity contribution < 1.29 is 4.52 Å². The maximum atomic E-state index is 5.33. The first kappa shape index (κ1) is 23.7. The van der Waals surface area contributed by atoms with Crippen LogP contribution in [0.4, 0.5) is 0 Å². The Labute approximate surface area is 183 Å². The van der Waals surface area contributed by atoms with Gasteiger partial charge in [-0.25, -0.2) is 4.99 Å². The summed E-state index contributed by atoms with van der Waals surface area (Å²) in [5.41, 5.74) is 1.09. The maximum Gasteiger partial charge on any atom is 0.232 e. The first-order valence-corrected chi connectivity index (χ1v) is 10.0. The zero-order valence-corrected chi connectivity index (χ0v) is 20.1. The van der Waals surface area contributed by atoms with Crippen LogP contribution < -0.4 is 5.32 Å². The van der Waals surface area contributed by atoms with E-state index >= 15 is 0 Å². The lowest BCUT2D eigenvalue weighted by Crippen LogP contribution is -2.38. The van der Waals surface area contributed by atoms with Gasteiger partial charge in [0.05, 0.1) is 0 Å².